The second kappa shape index (κ2) is 7.40. The number of methoxy groups -OCH3 is 1. The van der Waals surface area contributed by atoms with Crippen LogP contribution < -0.4 is 15.2 Å². The molecule has 0 unspecified atom stereocenters. The largest absolute Gasteiger partial charge is 0.497 e. The van der Waals surface area contributed by atoms with Gasteiger partial charge in [0.2, 0.25) is 5.91 Å². The van der Waals surface area contributed by atoms with Crippen molar-refractivity contribution in [1.29, 1.82) is 0 Å². The minimum Gasteiger partial charge on any atom is -0.497 e. The Morgan fingerprint density at radius 2 is 1.74 bits per heavy atom. The minimum atomic E-state index is -0.397. The first kappa shape index (κ1) is 19.1. The molecule has 1 amide bonds. The van der Waals surface area contributed by atoms with E-state index >= 15 is 0 Å². The molecular weight excluding hydrogens is 390 g/mol. The second-order valence-corrected chi connectivity index (χ2v) is 7.60. The molecule has 2 heterocycles. The van der Waals surface area contributed by atoms with Crippen molar-refractivity contribution in [3.05, 3.63) is 94.5 Å². The van der Waals surface area contributed by atoms with Gasteiger partial charge in [0.25, 0.3) is 5.56 Å². The molecule has 0 aliphatic carbocycles. The van der Waals surface area contributed by atoms with Gasteiger partial charge in [-0.2, -0.15) is 0 Å². The quantitative estimate of drug-likeness (QED) is 0.514. The highest BCUT2D eigenvalue weighted by Gasteiger charge is 2.36. The summed E-state index contributed by atoms with van der Waals surface area (Å²) < 4.78 is 6.95. The van der Waals surface area contributed by atoms with Crippen LogP contribution >= 0.6 is 0 Å². The predicted octanol–water partition coefficient (Wildman–Crippen LogP) is 3.70. The Morgan fingerprint density at radius 3 is 2.58 bits per heavy atom. The number of para-hydroxylation sites is 2. The maximum Gasteiger partial charge on any atom is 0.265 e. The van der Waals surface area contributed by atoms with E-state index in [1.165, 1.54) is 0 Å². The van der Waals surface area contributed by atoms with Gasteiger partial charge >= 0.3 is 0 Å². The molecule has 3 aromatic carbocycles. The molecule has 6 heteroatoms. The summed E-state index contributed by atoms with van der Waals surface area (Å²) in [6.07, 6.45) is 0.317. The number of rotatable bonds is 4. The third kappa shape index (κ3) is 3.08. The van der Waals surface area contributed by atoms with Gasteiger partial charge in [0.15, 0.2) is 0 Å². The molecule has 1 aliphatic heterocycles. The fourth-order valence-electron chi connectivity index (χ4n) is 4.28. The number of carbonyl (C=O) groups is 1. The van der Waals surface area contributed by atoms with Crippen molar-refractivity contribution in [2.45, 2.75) is 12.3 Å². The van der Waals surface area contributed by atoms with Crippen LogP contribution in [0.5, 0.6) is 5.75 Å². The molecule has 1 aliphatic rings. The molecule has 5 rings (SSSR count). The highest BCUT2D eigenvalue weighted by molar-refractivity contribution is 6.04. The summed E-state index contributed by atoms with van der Waals surface area (Å²) in [5.41, 5.74) is 2.96. The van der Waals surface area contributed by atoms with Gasteiger partial charge in [-0.05, 0) is 35.9 Å². The van der Waals surface area contributed by atoms with Crippen molar-refractivity contribution < 1.29 is 9.53 Å². The molecule has 0 saturated heterocycles. The van der Waals surface area contributed by atoms with Gasteiger partial charge in [0, 0.05) is 25.2 Å². The maximum atomic E-state index is 13.5. The molecule has 0 radical (unpaired) electrons. The third-order valence-electron chi connectivity index (χ3n) is 5.85. The Hall–Kier alpha value is -3.93. The molecule has 1 atom stereocenters. The summed E-state index contributed by atoms with van der Waals surface area (Å²) in [5, 5.41) is 0.532. The molecule has 4 aromatic rings. The second-order valence-electron chi connectivity index (χ2n) is 7.60. The van der Waals surface area contributed by atoms with Crippen molar-refractivity contribution in [2.24, 2.45) is 0 Å². The number of amides is 1. The van der Waals surface area contributed by atoms with E-state index in [4.69, 9.17) is 9.72 Å². The monoisotopic (exact) mass is 411 g/mol. The smallest absolute Gasteiger partial charge is 0.265 e. The van der Waals surface area contributed by atoms with E-state index in [9.17, 15) is 9.59 Å². The number of anilines is 1. The molecule has 0 saturated carbocycles. The van der Waals surface area contributed by atoms with Crippen LogP contribution in [0.3, 0.4) is 0 Å². The Bertz CT molecular complexity index is 1380. The molecule has 154 valence electrons. The highest BCUT2D eigenvalue weighted by atomic mass is 16.5. The van der Waals surface area contributed by atoms with Crippen LogP contribution in [0.1, 0.15) is 17.3 Å². The first-order valence-electron chi connectivity index (χ1n) is 10.1. The molecule has 1 aromatic heterocycles. The third-order valence-corrected chi connectivity index (χ3v) is 5.85. The molecule has 0 N–H and O–H groups in total. The molecular formula is C25H21N3O3. The fourth-order valence-corrected chi connectivity index (χ4v) is 4.28. The fraction of sp³-hybridized carbons (Fsp3) is 0.160. The van der Waals surface area contributed by atoms with Crippen LogP contribution in [0.15, 0.2) is 77.6 Å². The number of likely N-dealkylation sites (N-methyl/N-ethyl adjacent to an activating group) is 1. The van der Waals surface area contributed by atoms with Crippen LogP contribution in [-0.2, 0) is 11.2 Å². The van der Waals surface area contributed by atoms with Gasteiger partial charge in [-0.15, -0.1) is 0 Å². The lowest BCUT2D eigenvalue weighted by molar-refractivity contribution is -0.119. The topological polar surface area (TPSA) is 64.4 Å². The van der Waals surface area contributed by atoms with Crippen LogP contribution in [-0.4, -0.2) is 29.6 Å². The van der Waals surface area contributed by atoms with Crippen LogP contribution in [0.25, 0.3) is 16.6 Å². The molecule has 6 nitrogen and oxygen atoms in total. The van der Waals surface area contributed by atoms with E-state index in [1.807, 2.05) is 60.7 Å². The zero-order chi connectivity index (χ0) is 21.5. The first-order chi connectivity index (χ1) is 15.1. The van der Waals surface area contributed by atoms with E-state index < -0.39 is 5.92 Å². The number of carbonyl (C=O) groups excluding carboxylic acids is 1. The normalized spacial score (nSPS) is 15.4. The number of aromatic nitrogens is 2. The predicted molar refractivity (Wildman–Crippen MR) is 120 cm³/mol. The Kier molecular flexibility index (Phi) is 4.55. The van der Waals surface area contributed by atoms with Crippen molar-refractivity contribution in [1.82, 2.24) is 9.55 Å². The van der Waals surface area contributed by atoms with Crippen molar-refractivity contribution in [3.63, 3.8) is 0 Å². The summed E-state index contributed by atoms with van der Waals surface area (Å²) in [6.45, 7) is 0. The number of nitrogens with zero attached hydrogens (tertiary/aromatic N) is 3. The first-order valence-corrected chi connectivity index (χ1v) is 10.1. The van der Waals surface area contributed by atoms with Gasteiger partial charge in [0.1, 0.15) is 11.6 Å². The summed E-state index contributed by atoms with van der Waals surface area (Å²) in [4.78, 5) is 33.0. The van der Waals surface area contributed by atoms with Crippen LogP contribution in [0.2, 0.25) is 0 Å². The van der Waals surface area contributed by atoms with E-state index in [2.05, 4.69) is 0 Å². The van der Waals surface area contributed by atoms with E-state index in [0.717, 1.165) is 11.3 Å². The number of ether oxygens (including phenoxy) is 1. The SMILES string of the molecule is COc1cccc(-n2c(C[C@@H]3C(=O)N(C)c4ccccc43)nc3ccccc3c2=O)c1. The van der Waals surface area contributed by atoms with E-state index in [-0.39, 0.29) is 11.5 Å². The average Bonchev–Trinajstić information content (AvgIpc) is 3.04. The molecule has 31 heavy (non-hydrogen) atoms. The molecule has 0 spiro atoms. The number of hydrogen-bond acceptors (Lipinski definition) is 4. The van der Waals surface area contributed by atoms with E-state index in [1.54, 1.807) is 35.8 Å². The van der Waals surface area contributed by atoms with Crippen LogP contribution in [0, 0.1) is 0 Å². The minimum absolute atomic E-state index is 0.000741. The van der Waals surface area contributed by atoms with Gasteiger partial charge in [-0.3, -0.25) is 14.2 Å². The van der Waals surface area contributed by atoms with Gasteiger partial charge < -0.3 is 9.64 Å². The highest BCUT2D eigenvalue weighted by Crippen LogP contribution is 2.38. The Balaban J connectivity index is 1.71. The Morgan fingerprint density at radius 1 is 0.968 bits per heavy atom. The summed E-state index contributed by atoms with van der Waals surface area (Å²) >= 11 is 0. The standard InChI is InChI=1S/C25H21N3O3/c1-27-22-13-6-4-10-18(22)20(24(27)29)15-23-26-21-12-5-3-11-19(21)25(30)28(23)16-8-7-9-17(14-16)31-2/h3-14,20H,15H2,1-2H3/t20-/m0/s1. The van der Waals surface area contributed by atoms with Crippen molar-refractivity contribution in [2.75, 3.05) is 19.1 Å². The lowest BCUT2D eigenvalue weighted by atomic mass is 9.96. The van der Waals surface area contributed by atoms with Gasteiger partial charge in [-0.25, -0.2) is 4.98 Å². The maximum absolute atomic E-state index is 13.5. The number of fused-ring (bicyclic) bond motifs is 2. The van der Waals surface area contributed by atoms with Crippen molar-refractivity contribution in [3.8, 4) is 11.4 Å². The van der Waals surface area contributed by atoms with Gasteiger partial charge in [-0.1, -0.05) is 36.4 Å². The molecule has 0 bridgehead atoms. The van der Waals surface area contributed by atoms with Crippen molar-refractivity contribution >= 4 is 22.5 Å². The zero-order valence-electron chi connectivity index (χ0n) is 17.3. The number of hydrogen-bond donors (Lipinski definition) is 0. The summed E-state index contributed by atoms with van der Waals surface area (Å²) in [6, 6.07) is 22.4. The van der Waals surface area contributed by atoms with Gasteiger partial charge in [0.05, 0.1) is 29.6 Å². The average molecular weight is 411 g/mol. The number of benzene rings is 3. The zero-order valence-corrected chi connectivity index (χ0v) is 17.3. The Labute approximate surface area is 179 Å². The molecule has 0 fully saturated rings. The summed E-state index contributed by atoms with van der Waals surface area (Å²) in [5.74, 6) is 0.790. The summed E-state index contributed by atoms with van der Waals surface area (Å²) in [7, 11) is 3.37. The van der Waals surface area contributed by atoms with E-state index in [0.29, 0.717) is 34.6 Å². The lowest BCUT2D eigenvalue weighted by Gasteiger charge is -2.17. The van der Waals surface area contributed by atoms with Crippen LogP contribution in [0.4, 0.5) is 5.69 Å². The lowest BCUT2D eigenvalue weighted by Crippen LogP contribution is -2.29.